The van der Waals surface area contributed by atoms with Crippen LogP contribution >= 0.6 is 0 Å². The third-order valence-corrected chi connectivity index (χ3v) is 6.85. The van der Waals surface area contributed by atoms with E-state index < -0.39 is 10.0 Å². The van der Waals surface area contributed by atoms with Crippen molar-refractivity contribution in [2.45, 2.75) is 24.3 Å². The summed E-state index contributed by atoms with van der Waals surface area (Å²) in [5.41, 5.74) is 0.0200. The molecule has 1 N–H and O–H groups in total. The molecule has 1 aliphatic rings. The van der Waals surface area contributed by atoms with Gasteiger partial charge in [0.1, 0.15) is 12.7 Å². The van der Waals surface area contributed by atoms with Gasteiger partial charge in [-0.3, -0.25) is 9.59 Å². The maximum Gasteiger partial charge on any atom is 0.266 e. The van der Waals surface area contributed by atoms with Gasteiger partial charge in [-0.05, 0) is 43.2 Å². The van der Waals surface area contributed by atoms with Crippen molar-refractivity contribution in [1.82, 2.24) is 34.2 Å². The van der Waals surface area contributed by atoms with E-state index in [1.165, 1.54) is 62.7 Å². The van der Waals surface area contributed by atoms with Crippen molar-refractivity contribution in [3.05, 3.63) is 65.0 Å². The number of aromatic nitrogens is 5. The van der Waals surface area contributed by atoms with E-state index in [4.69, 9.17) is 0 Å². The van der Waals surface area contributed by atoms with Crippen molar-refractivity contribution in [1.29, 1.82) is 0 Å². The molecule has 0 aliphatic carbocycles. The summed E-state index contributed by atoms with van der Waals surface area (Å²) >= 11 is 0. The van der Waals surface area contributed by atoms with Crippen LogP contribution in [0.25, 0.3) is 5.82 Å². The minimum absolute atomic E-state index is 0.161. The first kappa shape index (κ1) is 20.9. The van der Waals surface area contributed by atoms with Gasteiger partial charge in [-0.1, -0.05) is 0 Å². The van der Waals surface area contributed by atoms with Crippen LogP contribution in [-0.4, -0.2) is 62.8 Å². The maximum absolute atomic E-state index is 12.6. The predicted octanol–water partition coefficient (Wildman–Crippen LogP) is 0.0385. The fourth-order valence-electron chi connectivity index (χ4n) is 3.28. The quantitative estimate of drug-likeness (QED) is 0.545. The van der Waals surface area contributed by atoms with Gasteiger partial charge in [0.15, 0.2) is 5.82 Å². The molecule has 11 nitrogen and oxygen atoms in total. The summed E-state index contributed by atoms with van der Waals surface area (Å²) in [7, 11) is -3.52. The lowest BCUT2D eigenvalue weighted by molar-refractivity contribution is 0.0951. The first-order valence-electron chi connectivity index (χ1n) is 9.77. The summed E-state index contributed by atoms with van der Waals surface area (Å²) in [5, 5.41) is 10.9. The Bertz CT molecular complexity index is 1210. The van der Waals surface area contributed by atoms with E-state index >= 15 is 0 Å². The highest BCUT2D eigenvalue weighted by Crippen LogP contribution is 2.21. The van der Waals surface area contributed by atoms with E-state index in [0.717, 1.165) is 12.8 Å². The van der Waals surface area contributed by atoms with Gasteiger partial charge in [-0.2, -0.15) is 9.40 Å². The molecule has 0 saturated carbocycles. The summed E-state index contributed by atoms with van der Waals surface area (Å²) < 4.78 is 29.2. The molecule has 0 atom stereocenters. The molecule has 0 unspecified atom stereocenters. The van der Waals surface area contributed by atoms with Crippen LogP contribution in [0.5, 0.6) is 0 Å². The molecule has 1 aromatic carbocycles. The second kappa shape index (κ2) is 8.78. The lowest BCUT2D eigenvalue weighted by Gasteiger charge is -2.15. The van der Waals surface area contributed by atoms with E-state index in [2.05, 4.69) is 20.5 Å². The molecule has 1 fully saturated rings. The Morgan fingerprint density at radius 3 is 2.48 bits per heavy atom. The molecule has 0 radical (unpaired) electrons. The molecular formula is C19H21N7O4S. The van der Waals surface area contributed by atoms with E-state index in [-0.39, 0.29) is 29.5 Å². The molecule has 1 aliphatic heterocycles. The Morgan fingerprint density at radius 1 is 1.06 bits per heavy atom. The van der Waals surface area contributed by atoms with Crippen LogP contribution in [0.1, 0.15) is 23.2 Å². The van der Waals surface area contributed by atoms with E-state index in [1.807, 2.05) is 0 Å². The fraction of sp³-hybridized carbons (Fsp3) is 0.316. The van der Waals surface area contributed by atoms with Crippen LogP contribution in [0.2, 0.25) is 0 Å². The zero-order valence-corrected chi connectivity index (χ0v) is 17.4. The third kappa shape index (κ3) is 4.54. The largest absolute Gasteiger partial charge is 0.350 e. The minimum Gasteiger partial charge on any atom is -0.350 e. The number of sulfonamides is 1. The van der Waals surface area contributed by atoms with Crippen molar-refractivity contribution < 1.29 is 13.2 Å². The number of amides is 1. The van der Waals surface area contributed by atoms with Crippen LogP contribution in [-0.2, 0) is 16.6 Å². The zero-order chi connectivity index (χ0) is 21.8. The zero-order valence-electron chi connectivity index (χ0n) is 16.6. The lowest BCUT2D eigenvalue weighted by Crippen LogP contribution is -2.32. The maximum atomic E-state index is 12.6. The van der Waals surface area contributed by atoms with Gasteiger partial charge in [-0.25, -0.2) is 22.8 Å². The SMILES string of the molecule is O=C(NCCn1nc(-n2cncn2)ccc1=O)c1ccc(S(=O)(=O)N2CCCC2)cc1. The molecule has 162 valence electrons. The fourth-order valence-corrected chi connectivity index (χ4v) is 4.80. The molecule has 0 bridgehead atoms. The number of carbonyl (C=O) groups is 1. The molecule has 1 amide bonds. The van der Waals surface area contributed by atoms with Gasteiger partial charge in [0.05, 0.1) is 11.4 Å². The van der Waals surface area contributed by atoms with Crippen molar-refractivity contribution in [3.8, 4) is 5.82 Å². The number of hydrogen-bond acceptors (Lipinski definition) is 7. The lowest BCUT2D eigenvalue weighted by atomic mass is 10.2. The number of hydrogen-bond donors (Lipinski definition) is 1. The Kier molecular flexibility index (Phi) is 5.91. The molecule has 4 rings (SSSR count). The topological polar surface area (TPSA) is 132 Å². The van der Waals surface area contributed by atoms with Crippen molar-refractivity contribution in [3.63, 3.8) is 0 Å². The highest BCUT2D eigenvalue weighted by Gasteiger charge is 2.27. The highest BCUT2D eigenvalue weighted by atomic mass is 32.2. The van der Waals surface area contributed by atoms with Gasteiger partial charge in [0.25, 0.3) is 11.5 Å². The number of benzene rings is 1. The van der Waals surface area contributed by atoms with Gasteiger partial charge in [0, 0.05) is 31.3 Å². The standard InChI is InChI=1S/C19H21N7O4S/c27-18-8-7-17(26-14-20-13-22-26)23-25(18)12-9-21-19(28)15-3-5-16(6-4-15)31(29,30)24-10-1-2-11-24/h3-8,13-14H,1-2,9-12H2,(H,21,28). The monoisotopic (exact) mass is 443 g/mol. The third-order valence-electron chi connectivity index (χ3n) is 4.93. The Balaban J connectivity index is 1.37. The van der Waals surface area contributed by atoms with Crippen LogP contribution in [0, 0.1) is 0 Å². The number of nitrogens with one attached hydrogen (secondary N) is 1. The first-order valence-corrected chi connectivity index (χ1v) is 11.2. The molecule has 12 heteroatoms. The van der Waals surface area contributed by atoms with Gasteiger partial charge in [-0.15, -0.1) is 5.10 Å². The van der Waals surface area contributed by atoms with E-state index in [1.54, 1.807) is 0 Å². The molecule has 2 aromatic heterocycles. The number of carbonyl (C=O) groups excluding carboxylic acids is 1. The Labute approximate surface area is 178 Å². The summed E-state index contributed by atoms with van der Waals surface area (Å²) in [5.74, 6) is 0.0591. The van der Waals surface area contributed by atoms with E-state index in [0.29, 0.717) is 24.5 Å². The van der Waals surface area contributed by atoms with Crippen molar-refractivity contribution in [2.24, 2.45) is 0 Å². The van der Waals surface area contributed by atoms with Gasteiger partial charge >= 0.3 is 0 Å². The van der Waals surface area contributed by atoms with Crippen molar-refractivity contribution >= 4 is 15.9 Å². The molecule has 1 saturated heterocycles. The average Bonchev–Trinajstić information content (AvgIpc) is 3.50. The first-order chi connectivity index (χ1) is 14.9. The Morgan fingerprint density at radius 2 is 1.81 bits per heavy atom. The summed E-state index contributed by atoms with van der Waals surface area (Å²) in [6.07, 6.45) is 4.55. The summed E-state index contributed by atoms with van der Waals surface area (Å²) in [4.78, 5) is 28.4. The second-order valence-electron chi connectivity index (χ2n) is 6.98. The average molecular weight is 443 g/mol. The Hall–Kier alpha value is -3.38. The number of nitrogens with zero attached hydrogens (tertiary/aromatic N) is 6. The molecule has 3 heterocycles. The number of rotatable bonds is 7. The van der Waals surface area contributed by atoms with Crippen LogP contribution in [0.15, 0.2) is 58.7 Å². The molecule has 31 heavy (non-hydrogen) atoms. The van der Waals surface area contributed by atoms with E-state index in [9.17, 15) is 18.0 Å². The predicted molar refractivity (Wildman–Crippen MR) is 110 cm³/mol. The van der Waals surface area contributed by atoms with Crippen LogP contribution in [0.4, 0.5) is 0 Å². The molecule has 0 spiro atoms. The minimum atomic E-state index is -3.52. The summed E-state index contributed by atoms with van der Waals surface area (Å²) in [6.45, 7) is 1.38. The summed E-state index contributed by atoms with van der Waals surface area (Å²) in [6, 6.07) is 8.74. The molecule has 3 aromatic rings. The highest BCUT2D eigenvalue weighted by molar-refractivity contribution is 7.89. The van der Waals surface area contributed by atoms with Crippen molar-refractivity contribution in [2.75, 3.05) is 19.6 Å². The normalized spacial score (nSPS) is 14.6. The van der Waals surface area contributed by atoms with Crippen LogP contribution < -0.4 is 10.9 Å². The molecular weight excluding hydrogens is 422 g/mol. The van der Waals surface area contributed by atoms with Gasteiger partial charge < -0.3 is 5.32 Å². The van der Waals surface area contributed by atoms with Crippen LogP contribution in [0.3, 0.4) is 0 Å². The smallest absolute Gasteiger partial charge is 0.266 e. The second-order valence-corrected chi connectivity index (χ2v) is 8.92. The van der Waals surface area contributed by atoms with Gasteiger partial charge in [0.2, 0.25) is 10.0 Å².